The van der Waals surface area contributed by atoms with Crippen LogP contribution in [-0.2, 0) is 6.54 Å². The molecule has 35 heavy (non-hydrogen) atoms. The molecule has 1 saturated heterocycles. The molecule has 0 spiro atoms. The summed E-state index contributed by atoms with van der Waals surface area (Å²) < 4.78 is 20.9. The molecule has 0 bridgehead atoms. The van der Waals surface area contributed by atoms with Gasteiger partial charge >= 0.3 is 0 Å². The van der Waals surface area contributed by atoms with Crippen LogP contribution in [-0.4, -0.2) is 34.6 Å². The number of hydrogen-bond acceptors (Lipinski definition) is 7. The SMILES string of the molecule is N#CB1CCN(Cc2ccc(-c3cc4nccc(Oc5ccc([N+](=O)[O-])cc5F)c4s3)cc2)CC1. The van der Waals surface area contributed by atoms with Gasteiger partial charge in [0.1, 0.15) is 5.75 Å². The molecule has 0 aliphatic carbocycles. The summed E-state index contributed by atoms with van der Waals surface area (Å²) >= 11 is 1.50. The van der Waals surface area contributed by atoms with Crippen molar-refractivity contribution in [3.8, 4) is 27.9 Å². The van der Waals surface area contributed by atoms with E-state index >= 15 is 0 Å². The van der Waals surface area contributed by atoms with Crippen molar-refractivity contribution in [1.82, 2.24) is 9.88 Å². The van der Waals surface area contributed by atoms with Gasteiger partial charge in [-0.3, -0.25) is 15.1 Å². The zero-order valence-electron chi connectivity index (χ0n) is 18.7. The Labute approximate surface area is 205 Å². The van der Waals surface area contributed by atoms with Crippen molar-refractivity contribution in [2.24, 2.45) is 0 Å². The van der Waals surface area contributed by atoms with Gasteiger partial charge < -0.3 is 9.64 Å². The lowest BCUT2D eigenvalue weighted by Gasteiger charge is -2.27. The second-order valence-electron chi connectivity index (χ2n) is 8.48. The number of benzene rings is 2. The first kappa shape index (κ1) is 23.0. The number of aromatic nitrogens is 1. The van der Waals surface area contributed by atoms with Crippen molar-refractivity contribution < 1.29 is 14.1 Å². The standard InChI is InChI=1S/C25H20BFN4O3S/c27-20-13-19(31(32)33)5-6-22(20)34-23-7-10-29-21-14-24(35-25(21)23)18-3-1-17(2-4-18)15-30-11-8-26(16-28)9-12-30/h1-7,10,13-14H,8-9,11-12,15H2. The molecule has 10 heteroatoms. The molecule has 1 aliphatic rings. The normalized spacial score (nSPS) is 14.1. The predicted octanol–water partition coefficient (Wildman–Crippen LogP) is 6.18. The summed E-state index contributed by atoms with van der Waals surface area (Å²) in [5, 5.41) is 19.9. The number of ether oxygens (including phenoxy) is 1. The zero-order chi connectivity index (χ0) is 24.4. The quantitative estimate of drug-likeness (QED) is 0.184. The molecule has 5 rings (SSSR count). The van der Waals surface area contributed by atoms with Crippen LogP contribution in [0.25, 0.3) is 20.7 Å². The monoisotopic (exact) mass is 486 g/mol. The summed E-state index contributed by atoms with van der Waals surface area (Å²) in [4.78, 5) is 18.0. The third-order valence-corrected chi connectivity index (χ3v) is 7.32. The smallest absolute Gasteiger partial charge is 0.272 e. The van der Waals surface area contributed by atoms with E-state index in [2.05, 4.69) is 40.1 Å². The van der Waals surface area contributed by atoms with Gasteiger partial charge in [-0.2, -0.15) is 0 Å². The molecule has 1 fully saturated rings. The molecule has 0 radical (unpaired) electrons. The number of nitro groups is 1. The molecular formula is C25H20BFN4O3S. The van der Waals surface area contributed by atoms with Crippen LogP contribution in [0.5, 0.6) is 11.5 Å². The summed E-state index contributed by atoms with van der Waals surface area (Å²) in [5.74, 6) is 1.93. The summed E-state index contributed by atoms with van der Waals surface area (Å²) in [6.07, 6.45) is 3.45. The van der Waals surface area contributed by atoms with E-state index < -0.39 is 10.7 Å². The maximum absolute atomic E-state index is 14.4. The Morgan fingerprint density at radius 2 is 1.91 bits per heavy atom. The van der Waals surface area contributed by atoms with Crippen molar-refractivity contribution in [2.45, 2.75) is 19.2 Å². The number of non-ortho nitro benzene ring substituents is 1. The third-order valence-electron chi connectivity index (χ3n) is 6.14. The average molecular weight is 486 g/mol. The largest absolute Gasteiger partial charge is 0.453 e. The van der Waals surface area contributed by atoms with Crippen LogP contribution in [0, 0.1) is 27.2 Å². The molecule has 4 aromatic rings. The van der Waals surface area contributed by atoms with Crippen molar-refractivity contribution in [1.29, 1.82) is 5.26 Å². The molecule has 0 N–H and O–H groups in total. The van der Waals surface area contributed by atoms with Gasteiger partial charge in [-0.1, -0.05) is 24.3 Å². The van der Waals surface area contributed by atoms with Crippen LogP contribution in [0.15, 0.2) is 60.8 Å². The Bertz CT molecular complexity index is 1430. The minimum atomic E-state index is -0.798. The van der Waals surface area contributed by atoms with E-state index in [1.165, 1.54) is 29.0 Å². The first-order chi connectivity index (χ1) is 17.0. The van der Waals surface area contributed by atoms with Gasteiger partial charge in [0.2, 0.25) is 0 Å². The van der Waals surface area contributed by atoms with Gasteiger partial charge in [0.25, 0.3) is 12.4 Å². The van der Waals surface area contributed by atoms with Crippen LogP contribution >= 0.6 is 11.3 Å². The number of thiophene rings is 1. The average Bonchev–Trinajstić information content (AvgIpc) is 3.31. The van der Waals surface area contributed by atoms with E-state index in [0.29, 0.717) is 5.75 Å². The van der Waals surface area contributed by atoms with E-state index in [1.807, 2.05) is 6.07 Å². The Morgan fingerprint density at radius 1 is 1.14 bits per heavy atom. The fraction of sp³-hybridized carbons (Fsp3) is 0.200. The minimum absolute atomic E-state index is 0.0822. The Kier molecular flexibility index (Phi) is 6.44. The van der Waals surface area contributed by atoms with Crippen molar-refractivity contribution in [3.05, 3.63) is 82.3 Å². The second-order valence-corrected chi connectivity index (χ2v) is 9.54. The van der Waals surface area contributed by atoms with Gasteiger partial charge in [-0.15, -0.1) is 11.3 Å². The van der Waals surface area contributed by atoms with Crippen LogP contribution in [0.2, 0.25) is 12.6 Å². The van der Waals surface area contributed by atoms with Crippen LogP contribution in [0.4, 0.5) is 10.1 Å². The van der Waals surface area contributed by atoms with E-state index in [0.717, 1.165) is 59.0 Å². The molecule has 0 amide bonds. The molecule has 2 aromatic carbocycles. The van der Waals surface area contributed by atoms with Gasteiger partial charge in [-0.05, 0) is 49.0 Å². The molecule has 2 aromatic heterocycles. The number of nitrogens with zero attached hydrogens (tertiary/aromatic N) is 4. The number of pyridine rings is 1. The van der Waals surface area contributed by atoms with Gasteiger partial charge in [0, 0.05) is 35.7 Å². The van der Waals surface area contributed by atoms with Gasteiger partial charge in [0.15, 0.2) is 11.6 Å². The molecule has 0 unspecified atom stereocenters. The van der Waals surface area contributed by atoms with Gasteiger partial charge in [0.05, 0.1) is 21.2 Å². The minimum Gasteiger partial charge on any atom is -0.453 e. The predicted molar refractivity (Wildman–Crippen MR) is 134 cm³/mol. The maximum Gasteiger partial charge on any atom is 0.272 e. The van der Waals surface area contributed by atoms with Crippen LogP contribution < -0.4 is 4.74 Å². The highest BCUT2D eigenvalue weighted by Crippen LogP contribution is 2.40. The van der Waals surface area contributed by atoms with Crippen molar-refractivity contribution in [2.75, 3.05) is 13.1 Å². The van der Waals surface area contributed by atoms with Crippen LogP contribution in [0.1, 0.15) is 5.56 Å². The Hall–Kier alpha value is -3.81. The Morgan fingerprint density at radius 3 is 2.60 bits per heavy atom. The lowest BCUT2D eigenvalue weighted by atomic mass is 9.45. The lowest BCUT2D eigenvalue weighted by molar-refractivity contribution is -0.385. The third kappa shape index (κ3) is 5.01. The highest BCUT2D eigenvalue weighted by molar-refractivity contribution is 7.22. The molecule has 1 aliphatic heterocycles. The summed E-state index contributed by atoms with van der Waals surface area (Å²) in [5.41, 5.74) is 2.67. The fourth-order valence-corrected chi connectivity index (χ4v) is 5.27. The van der Waals surface area contributed by atoms with E-state index in [1.54, 1.807) is 12.3 Å². The lowest BCUT2D eigenvalue weighted by Crippen LogP contribution is -2.35. The van der Waals surface area contributed by atoms with Crippen molar-refractivity contribution in [3.63, 3.8) is 0 Å². The highest BCUT2D eigenvalue weighted by Gasteiger charge is 2.22. The Balaban J connectivity index is 1.33. The number of nitriles is 1. The number of rotatable bonds is 6. The van der Waals surface area contributed by atoms with Gasteiger partial charge in [-0.25, -0.2) is 9.65 Å². The van der Waals surface area contributed by atoms with E-state index in [4.69, 9.17) is 10.00 Å². The van der Waals surface area contributed by atoms with E-state index in [-0.39, 0.29) is 18.1 Å². The molecular weight excluding hydrogens is 466 g/mol. The number of nitro benzene ring substituents is 1. The highest BCUT2D eigenvalue weighted by atomic mass is 32.1. The molecule has 3 heterocycles. The first-order valence-electron chi connectivity index (χ1n) is 11.2. The second kappa shape index (κ2) is 9.82. The topological polar surface area (TPSA) is 92.3 Å². The number of halogens is 1. The van der Waals surface area contributed by atoms with Crippen molar-refractivity contribution >= 4 is 34.0 Å². The first-order valence-corrected chi connectivity index (χ1v) is 12.0. The van der Waals surface area contributed by atoms with Crippen LogP contribution in [0.3, 0.4) is 0 Å². The molecule has 7 nitrogen and oxygen atoms in total. The summed E-state index contributed by atoms with van der Waals surface area (Å²) in [7, 11) is 0. The van der Waals surface area contributed by atoms with E-state index in [9.17, 15) is 14.5 Å². The number of hydrogen-bond donors (Lipinski definition) is 0. The number of fused-ring (bicyclic) bond motifs is 1. The summed E-state index contributed by atoms with van der Waals surface area (Å²) in [6, 6.07) is 15.3. The molecule has 174 valence electrons. The zero-order valence-corrected chi connectivity index (χ0v) is 19.5. The molecule has 0 atom stereocenters. The summed E-state index contributed by atoms with van der Waals surface area (Å²) in [6.45, 7) is 2.94. The fourth-order valence-electron chi connectivity index (χ4n) is 4.19. The maximum atomic E-state index is 14.4. The molecule has 0 saturated carbocycles.